The second-order valence-electron chi connectivity index (χ2n) is 18.6. The lowest BCUT2D eigenvalue weighted by Crippen LogP contribution is -2.40. The normalized spacial score (nSPS) is 12.9. The van der Waals surface area contributed by atoms with Gasteiger partial charge in [0.1, 0.15) is 5.58 Å². The van der Waals surface area contributed by atoms with Crippen molar-refractivity contribution in [3.63, 3.8) is 0 Å². The van der Waals surface area contributed by atoms with Gasteiger partial charge in [0, 0.05) is 53.7 Å². The number of para-hydroxylation sites is 1. The number of rotatable bonds is 5. The second kappa shape index (κ2) is 14.0. The molecule has 0 spiro atoms. The van der Waals surface area contributed by atoms with E-state index in [0.717, 1.165) is 39.4 Å². The molecule has 0 saturated carbocycles. The average Bonchev–Trinajstić information content (AvgIpc) is 3.82. The van der Waals surface area contributed by atoms with Crippen molar-refractivity contribution < 1.29 is 4.42 Å². The summed E-state index contributed by atoms with van der Waals surface area (Å²) in [5.74, 6) is 0. The van der Waals surface area contributed by atoms with Crippen LogP contribution in [0.3, 0.4) is 0 Å². The van der Waals surface area contributed by atoms with Gasteiger partial charge < -0.3 is 14.6 Å². The van der Waals surface area contributed by atoms with Crippen molar-refractivity contribution in [2.45, 2.75) is 52.4 Å². The maximum atomic E-state index is 6.94. The first-order valence-corrected chi connectivity index (χ1v) is 22.2. The zero-order chi connectivity index (χ0) is 41.6. The van der Waals surface area contributed by atoms with Gasteiger partial charge >= 0.3 is 0 Å². The summed E-state index contributed by atoms with van der Waals surface area (Å²) in [5, 5.41) is 10.0. The van der Waals surface area contributed by atoms with E-state index in [2.05, 4.69) is 216 Å². The molecule has 1 aliphatic rings. The Bertz CT molecular complexity index is 3330. The molecule has 3 nitrogen and oxygen atoms in total. The number of furan rings is 1. The molecule has 3 heterocycles. The molecule has 0 bridgehead atoms. The highest BCUT2D eigenvalue weighted by Crippen LogP contribution is 2.49. The molecule has 0 unspecified atom stereocenters. The van der Waals surface area contributed by atoms with E-state index in [-0.39, 0.29) is 10.8 Å². The number of anilines is 5. The molecule has 0 aliphatic carbocycles. The van der Waals surface area contributed by atoms with Gasteiger partial charge in [-0.15, -0.1) is 11.3 Å². The predicted molar refractivity (Wildman–Crippen MR) is 266 cm³/mol. The van der Waals surface area contributed by atoms with Crippen molar-refractivity contribution in [3.8, 4) is 22.3 Å². The topological polar surface area (TPSA) is 28.4 Å². The lowest BCUT2D eigenvalue weighted by molar-refractivity contribution is 0.590. The summed E-state index contributed by atoms with van der Waals surface area (Å²) in [4.78, 5) is 2.51. The van der Waals surface area contributed by atoms with Crippen molar-refractivity contribution in [1.82, 2.24) is 0 Å². The summed E-state index contributed by atoms with van der Waals surface area (Å²) in [7, 11) is 0.654. The summed E-state index contributed by atoms with van der Waals surface area (Å²) in [5.41, 5.74) is 16.1. The van der Waals surface area contributed by atoms with Crippen LogP contribution in [0.5, 0.6) is 0 Å². The number of hydrogen-bond acceptors (Lipinski definition) is 4. The zero-order valence-electron chi connectivity index (χ0n) is 35.6. The lowest BCUT2D eigenvalue weighted by atomic mass is 9.60. The molecule has 5 heteroatoms. The monoisotopic (exact) mass is 806 g/mol. The zero-order valence-corrected chi connectivity index (χ0v) is 36.4. The van der Waals surface area contributed by atoms with E-state index in [4.69, 9.17) is 4.42 Å². The molecule has 11 rings (SSSR count). The molecular weight excluding hydrogens is 760 g/mol. The van der Waals surface area contributed by atoms with Crippen LogP contribution in [0.1, 0.15) is 52.7 Å². The Morgan fingerprint density at radius 1 is 0.541 bits per heavy atom. The molecule has 1 aliphatic heterocycles. The number of nitrogens with zero attached hydrogens (tertiary/aromatic N) is 1. The Hall–Kier alpha value is -6.56. The second-order valence-corrected chi connectivity index (χ2v) is 19.7. The number of nitrogens with one attached hydrogen (secondary N) is 1. The van der Waals surface area contributed by atoms with Crippen LogP contribution >= 0.6 is 11.3 Å². The summed E-state index contributed by atoms with van der Waals surface area (Å²) < 4.78 is 9.51. The van der Waals surface area contributed by atoms with Gasteiger partial charge in [-0.3, -0.25) is 0 Å². The fraction of sp³-hybridized carbons (Fsp3) is 0.143. The third kappa shape index (κ3) is 6.33. The van der Waals surface area contributed by atoms with E-state index in [1.807, 2.05) is 11.3 Å². The smallest absolute Gasteiger partial charge is 0.244 e. The van der Waals surface area contributed by atoms with E-state index in [1.54, 1.807) is 0 Å². The highest BCUT2D eigenvalue weighted by Gasteiger charge is 2.35. The molecule has 2 aromatic heterocycles. The molecule has 8 aromatic carbocycles. The van der Waals surface area contributed by atoms with Crippen LogP contribution in [-0.4, -0.2) is 7.28 Å². The molecule has 61 heavy (non-hydrogen) atoms. The molecule has 0 amide bonds. The quantitative estimate of drug-likeness (QED) is 0.176. The first kappa shape index (κ1) is 37.4. The number of thiophene rings is 1. The minimum Gasteiger partial charge on any atom is -0.469 e. The van der Waals surface area contributed by atoms with E-state index in [9.17, 15) is 0 Å². The summed E-state index contributed by atoms with van der Waals surface area (Å²) in [6, 6.07) is 60.4. The van der Waals surface area contributed by atoms with Gasteiger partial charge in [-0.05, 0) is 110 Å². The predicted octanol–water partition coefficient (Wildman–Crippen LogP) is 14.8. The molecule has 0 radical (unpaired) electrons. The molecular formula is C56H47BN2OS. The van der Waals surface area contributed by atoms with Gasteiger partial charge in [0.15, 0.2) is 0 Å². The van der Waals surface area contributed by atoms with E-state index in [1.165, 1.54) is 75.5 Å². The van der Waals surface area contributed by atoms with Crippen molar-refractivity contribution in [2.24, 2.45) is 0 Å². The molecule has 0 saturated heterocycles. The van der Waals surface area contributed by atoms with E-state index < -0.39 is 0 Å². The maximum absolute atomic E-state index is 6.94. The first-order chi connectivity index (χ1) is 29.5. The molecule has 1 N–H and O–H groups in total. The van der Waals surface area contributed by atoms with E-state index in [0.29, 0.717) is 7.28 Å². The lowest BCUT2D eigenvalue weighted by Gasteiger charge is -2.35. The van der Waals surface area contributed by atoms with Crippen LogP contribution in [0, 0.1) is 0 Å². The van der Waals surface area contributed by atoms with Crippen LogP contribution < -0.4 is 21.3 Å². The Morgan fingerprint density at radius 3 is 1.98 bits per heavy atom. The SMILES string of the molecule is CC(C)(C)c1ccc(Nc2cc3c(cc2-c2c4c(cc5ccccc25)N(c2ccc(C(C)(C)C)cc2-c2ccccc2)c2c(oc5ccccc25)B4)sc2ccccc23)cc1. The highest BCUT2D eigenvalue weighted by atomic mass is 32.1. The fourth-order valence-corrected chi connectivity index (χ4v) is 10.5. The first-order valence-electron chi connectivity index (χ1n) is 21.4. The Balaban J connectivity index is 1.22. The van der Waals surface area contributed by atoms with Crippen molar-refractivity contribution in [3.05, 3.63) is 175 Å². The van der Waals surface area contributed by atoms with Gasteiger partial charge in [-0.1, -0.05) is 145 Å². The molecule has 10 aromatic rings. The highest BCUT2D eigenvalue weighted by molar-refractivity contribution is 7.25. The minimum atomic E-state index is -0.0273. The van der Waals surface area contributed by atoms with Gasteiger partial charge in [-0.25, -0.2) is 0 Å². The third-order valence-electron chi connectivity index (χ3n) is 12.6. The van der Waals surface area contributed by atoms with Crippen LogP contribution in [0.25, 0.3) is 64.2 Å². The minimum absolute atomic E-state index is 0.0273. The van der Waals surface area contributed by atoms with E-state index >= 15 is 0 Å². The molecule has 296 valence electrons. The summed E-state index contributed by atoms with van der Waals surface area (Å²) in [6.45, 7) is 13.7. The van der Waals surface area contributed by atoms with Crippen molar-refractivity contribution in [1.29, 1.82) is 0 Å². The molecule has 0 atom stereocenters. The fourth-order valence-electron chi connectivity index (χ4n) is 9.38. The van der Waals surface area contributed by atoms with Crippen LogP contribution in [0.4, 0.5) is 28.4 Å². The number of hydrogen-bond donors (Lipinski definition) is 1. The Labute approximate surface area is 362 Å². The Morgan fingerprint density at radius 2 is 1.21 bits per heavy atom. The summed E-state index contributed by atoms with van der Waals surface area (Å²) in [6.07, 6.45) is 0. The third-order valence-corrected chi connectivity index (χ3v) is 13.7. The Kier molecular flexibility index (Phi) is 8.60. The van der Waals surface area contributed by atoms with Crippen LogP contribution in [0.15, 0.2) is 168 Å². The molecule has 0 fully saturated rings. The van der Waals surface area contributed by atoms with Gasteiger partial charge in [0.05, 0.1) is 17.0 Å². The van der Waals surface area contributed by atoms with Crippen molar-refractivity contribution >= 4 is 100 Å². The maximum Gasteiger partial charge on any atom is 0.244 e. The summed E-state index contributed by atoms with van der Waals surface area (Å²) >= 11 is 1.87. The van der Waals surface area contributed by atoms with Crippen molar-refractivity contribution in [2.75, 3.05) is 10.2 Å². The van der Waals surface area contributed by atoms with Gasteiger partial charge in [0.2, 0.25) is 7.28 Å². The number of fused-ring (bicyclic) bond motifs is 8. The standard InChI is InChI=1S/C56H47BN2OS/c1-55(2,3)36-24-27-38(28-25-36)58-45-32-43-40-20-13-15-23-49(40)61-50(43)33-44(45)51-39-19-11-10-18-35(39)30-47-52(51)57-54-53(41-21-12-14-22-48(41)60-54)59(47)46-29-26-37(56(4,5)6)31-42(46)34-16-8-7-9-17-34/h7-33,57-58H,1-6H3. The average molecular weight is 807 g/mol. The van der Waals surface area contributed by atoms with Crippen LogP contribution in [-0.2, 0) is 10.8 Å². The largest absolute Gasteiger partial charge is 0.469 e. The van der Waals surface area contributed by atoms with Gasteiger partial charge in [0.25, 0.3) is 0 Å². The van der Waals surface area contributed by atoms with Crippen LogP contribution in [0.2, 0.25) is 0 Å². The van der Waals surface area contributed by atoms with Gasteiger partial charge in [-0.2, -0.15) is 0 Å². The number of benzene rings is 8.